The van der Waals surface area contributed by atoms with Gasteiger partial charge in [-0.05, 0) is 37.7 Å². The van der Waals surface area contributed by atoms with Gasteiger partial charge in [0, 0.05) is 23.9 Å². The number of benzene rings is 1. The number of rotatable bonds is 4. The van der Waals surface area contributed by atoms with E-state index in [4.69, 9.17) is 0 Å². The monoisotopic (exact) mass is 249 g/mol. The highest BCUT2D eigenvalue weighted by Crippen LogP contribution is 2.33. The summed E-state index contributed by atoms with van der Waals surface area (Å²) in [6.07, 6.45) is 3.46. The van der Waals surface area contributed by atoms with Crippen LogP contribution in [0.25, 0.3) is 0 Å². The highest BCUT2D eigenvalue weighted by molar-refractivity contribution is 7.99. The van der Waals surface area contributed by atoms with Gasteiger partial charge >= 0.3 is 0 Å². The predicted octanol–water partition coefficient (Wildman–Crippen LogP) is 3.92. The topological polar surface area (TPSA) is 3.24 Å². The van der Waals surface area contributed by atoms with Gasteiger partial charge in [-0.15, -0.1) is 0 Å². The van der Waals surface area contributed by atoms with E-state index in [1.807, 2.05) is 11.8 Å². The zero-order valence-corrected chi connectivity index (χ0v) is 12.2. The van der Waals surface area contributed by atoms with Crippen molar-refractivity contribution in [2.75, 3.05) is 6.26 Å². The zero-order chi connectivity index (χ0) is 12.5. The Bertz CT molecular complexity index is 361. The molecule has 0 aliphatic carbocycles. The highest BCUT2D eigenvalue weighted by Gasteiger charge is 2.32. The van der Waals surface area contributed by atoms with Crippen molar-refractivity contribution in [3.05, 3.63) is 35.4 Å². The molecule has 2 rings (SSSR count). The molecule has 0 N–H and O–H groups in total. The van der Waals surface area contributed by atoms with Gasteiger partial charge in [0.2, 0.25) is 0 Å². The quantitative estimate of drug-likeness (QED) is 0.795. The van der Waals surface area contributed by atoms with E-state index < -0.39 is 0 Å². The van der Waals surface area contributed by atoms with Crippen molar-refractivity contribution >= 4 is 11.8 Å². The van der Waals surface area contributed by atoms with Gasteiger partial charge < -0.3 is 0 Å². The summed E-state index contributed by atoms with van der Waals surface area (Å²) in [5.74, 6) is 0. The van der Waals surface area contributed by atoms with Crippen molar-refractivity contribution in [3.8, 4) is 0 Å². The third kappa shape index (κ3) is 2.86. The van der Waals surface area contributed by atoms with Gasteiger partial charge in [-0.3, -0.25) is 4.90 Å². The molecule has 1 nitrogen and oxygen atoms in total. The lowest BCUT2D eigenvalue weighted by Gasteiger charge is -2.37. The van der Waals surface area contributed by atoms with Crippen LogP contribution in [0.2, 0.25) is 0 Å². The van der Waals surface area contributed by atoms with E-state index in [0.29, 0.717) is 5.54 Å². The van der Waals surface area contributed by atoms with E-state index in [9.17, 15) is 0 Å². The molecule has 0 saturated carbocycles. The maximum Gasteiger partial charge on any atom is 0.0245 e. The van der Waals surface area contributed by atoms with Crippen LogP contribution >= 0.6 is 11.8 Å². The first-order valence-electron chi connectivity index (χ1n) is 6.37. The fraction of sp³-hybridized carbons (Fsp3) is 0.600. The first-order valence-corrected chi connectivity index (χ1v) is 7.66. The molecule has 0 fully saturated rings. The molecular weight excluding hydrogens is 226 g/mol. The van der Waals surface area contributed by atoms with Gasteiger partial charge in [-0.1, -0.05) is 31.2 Å². The second-order valence-corrected chi connectivity index (χ2v) is 6.96. The number of nitrogens with zero attached hydrogens (tertiary/aromatic N) is 1. The van der Waals surface area contributed by atoms with Crippen LogP contribution in [-0.4, -0.2) is 21.9 Å². The Morgan fingerprint density at radius 1 is 1.24 bits per heavy atom. The van der Waals surface area contributed by atoms with Gasteiger partial charge in [-0.2, -0.15) is 11.8 Å². The van der Waals surface area contributed by atoms with E-state index >= 15 is 0 Å². The molecular formula is C15H23NS. The average molecular weight is 249 g/mol. The zero-order valence-electron chi connectivity index (χ0n) is 11.4. The Kier molecular flexibility index (Phi) is 3.84. The Hall–Kier alpha value is -0.470. The molecule has 1 heterocycles. The van der Waals surface area contributed by atoms with Crippen molar-refractivity contribution in [2.24, 2.45) is 0 Å². The van der Waals surface area contributed by atoms with Gasteiger partial charge in [0.05, 0.1) is 0 Å². The van der Waals surface area contributed by atoms with Gasteiger partial charge in [0.15, 0.2) is 0 Å². The Labute approximate surface area is 110 Å². The number of hydrogen-bond donors (Lipinski definition) is 0. The lowest BCUT2D eigenvalue weighted by molar-refractivity contribution is 0.110. The molecule has 0 spiro atoms. The fourth-order valence-electron chi connectivity index (χ4n) is 2.68. The lowest BCUT2D eigenvalue weighted by Crippen LogP contribution is -2.42. The summed E-state index contributed by atoms with van der Waals surface area (Å²) in [5, 5.41) is 0.730. The second kappa shape index (κ2) is 5.03. The van der Waals surface area contributed by atoms with Crippen molar-refractivity contribution in [2.45, 2.75) is 51.1 Å². The van der Waals surface area contributed by atoms with Crippen LogP contribution in [-0.2, 0) is 13.1 Å². The molecule has 17 heavy (non-hydrogen) atoms. The summed E-state index contributed by atoms with van der Waals surface area (Å²) >= 11 is 1.97. The molecule has 1 aromatic rings. The molecule has 1 aromatic carbocycles. The normalized spacial score (nSPS) is 18.1. The first kappa shape index (κ1) is 13.0. The summed E-state index contributed by atoms with van der Waals surface area (Å²) in [6, 6.07) is 8.84. The van der Waals surface area contributed by atoms with E-state index in [2.05, 4.69) is 56.2 Å². The summed E-state index contributed by atoms with van der Waals surface area (Å²) in [4.78, 5) is 2.62. The predicted molar refractivity (Wildman–Crippen MR) is 77.4 cm³/mol. The third-order valence-corrected chi connectivity index (χ3v) is 4.86. The number of fused-ring (bicyclic) bond motifs is 1. The SMILES string of the molecule is CSC(C)CC(C)(C)N1Cc2ccccc2C1. The molecule has 0 radical (unpaired) electrons. The summed E-state index contributed by atoms with van der Waals surface area (Å²) < 4.78 is 0. The van der Waals surface area contributed by atoms with Crippen molar-refractivity contribution in [1.29, 1.82) is 0 Å². The van der Waals surface area contributed by atoms with Gasteiger partial charge in [0.25, 0.3) is 0 Å². The minimum atomic E-state index is 0.293. The summed E-state index contributed by atoms with van der Waals surface area (Å²) in [5.41, 5.74) is 3.32. The van der Waals surface area contributed by atoms with E-state index in [-0.39, 0.29) is 0 Å². The third-order valence-electron chi connectivity index (χ3n) is 3.89. The molecule has 1 aliphatic heterocycles. The van der Waals surface area contributed by atoms with Crippen LogP contribution in [0.4, 0.5) is 0 Å². The first-order chi connectivity index (χ1) is 8.03. The molecule has 1 atom stereocenters. The molecule has 2 heteroatoms. The van der Waals surface area contributed by atoms with Crippen LogP contribution in [0.3, 0.4) is 0 Å². The van der Waals surface area contributed by atoms with E-state index in [1.54, 1.807) is 0 Å². The smallest absolute Gasteiger partial charge is 0.0245 e. The molecule has 0 saturated heterocycles. The summed E-state index contributed by atoms with van der Waals surface area (Å²) in [6.45, 7) is 9.32. The Morgan fingerprint density at radius 3 is 2.24 bits per heavy atom. The minimum absolute atomic E-state index is 0.293. The minimum Gasteiger partial charge on any atom is -0.290 e. The molecule has 94 valence electrons. The number of thioether (sulfide) groups is 1. The molecule has 1 aliphatic rings. The Balaban J connectivity index is 2.06. The van der Waals surface area contributed by atoms with Crippen molar-refractivity contribution in [3.63, 3.8) is 0 Å². The molecule has 0 aromatic heterocycles. The van der Waals surface area contributed by atoms with Crippen molar-refractivity contribution < 1.29 is 0 Å². The van der Waals surface area contributed by atoms with Crippen molar-refractivity contribution in [1.82, 2.24) is 4.90 Å². The highest BCUT2D eigenvalue weighted by atomic mass is 32.2. The lowest BCUT2D eigenvalue weighted by atomic mass is 9.96. The van der Waals surface area contributed by atoms with Crippen LogP contribution in [0.15, 0.2) is 24.3 Å². The number of hydrogen-bond acceptors (Lipinski definition) is 2. The standard InChI is InChI=1S/C15H23NS/c1-12(17-4)9-15(2,3)16-10-13-7-5-6-8-14(13)11-16/h5-8,12H,9-11H2,1-4H3. The maximum atomic E-state index is 2.62. The molecule has 1 unspecified atom stereocenters. The van der Waals surface area contributed by atoms with Gasteiger partial charge in [-0.25, -0.2) is 0 Å². The molecule has 0 amide bonds. The average Bonchev–Trinajstić information content (AvgIpc) is 2.72. The van der Waals surface area contributed by atoms with E-state index in [1.165, 1.54) is 17.5 Å². The second-order valence-electron chi connectivity index (χ2n) is 5.69. The fourth-order valence-corrected chi connectivity index (χ4v) is 3.25. The van der Waals surface area contributed by atoms with Gasteiger partial charge in [0.1, 0.15) is 0 Å². The van der Waals surface area contributed by atoms with Crippen LogP contribution in [0.5, 0.6) is 0 Å². The Morgan fingerprint density at radius 2 is 1.76 bits per heavy atom. The largest absolute Gasteiger partial charge is 0.290 e. The molecule has 0 bridgehead atoms. The summed E-state index contributed by atoms with van der Waals surface area (Å²) in [7, 11) is 0. The van der Waals surface area contributed by atoms with E-state index in [0.717, 1.165) is 18.3 Å². The maximum absolute atomic E-state index is 2.62. The van der Waals surface area contributed by atoms with Crippen LogP contribution < -0.4 is 0 Å². The van der Waals surface area contributed by atoms with Crippen LogP contribution in [0.1, 0.15) is 38.3 Å². The van der Waals surface area contributed by atoms with Crippen LogP contribution in [0, 0.1) is 0 Å².